The van der Waals surface area contributed by atoms with Gasteiger partial charge in [-0.1, -0.05) is 0 Å². The molecule has 5 nitrogen and oxygen atoms in total. The first-order valence-corrected chi connectivity index (χ1v) is 7.42. The summed E-state index contributed by atoms with van der Waals surface area (Å²) in [5.41, 5.74) is 3.79. The normalized spacial score (nSPS) is 10.7. The summed E-state index contributed by atoms with van der Waals surface area (Å²) in [4.78, 5) is 14.2. The maximum Gasteiger partial charge on any atom is 0.160 e. The minimum absolute atomic E-state index is 0.389. The highest BCUT2D eigenvalue weighted by Gasteiger charge is 2.14. The molecule has 0 saturated carbocycles. The van der Waals surface area contributed by atoms with Crippen molar-refractivity contribution in [3.05, 3.63) is 36.3 Å². The number of hydrogen-bond acceptors (Lipinski definition) is 5. The molecular formula is C15H13N5S. The molecule has 0 N–H and O–H groups in total. The van der Waals surface area contributed by atoms with Gasteiger partial charge in [-0.25, -0.2) is 9.97 Å². The Balaban J connectivity index is 2.17. The summed E-state index contributed by atoms with van der Waals surface area (Å²) in [5.74, 6) is 1.23. The van der Waals surface area contributed by atoms with E-state index in [4.69, 9.17) is 5.26 Å². The van der Waals surface area contributed by atoms with E-state index in [0.29, 0.717) is 5.75 Å². The number of pyridine rings is 2. The second-order valence-corrected chi connectivity index (χ2v) is 5.69. The second kappa shape index (κ2) is 5.54. The molecule has 0 aliphatic carbocycles. The molecule has 0 bridgehead atoms. The van der Waals surface area contributed by atoms with Crippen LogP contribution in [0.25, 0.3) is 22.6 Å². The van der Waals surface area contributed by atoms with Gasteiger partial charge in [-0.15, -0.1) is 11.8 Å². The van der Waals surface area contributed by atoms with Gasteiger partial charge in [0, 0.05) is 36.1 Å². The predicted octanol–water partition coefficient (Wildman–Crippen LogP) is 2.95. The van der Waals surface area contributed by atoms with E-state index in [-0.39, 0.29) is 0 Å². The largest absolute Gasteiger partial charge is 0.312 e. The Morgan fingerprint density at radius 1 is 1.38 bits per heavy atom. The molecule has 0 fully saturated rings. The molecule has 0 radical (unpaired) electrons. The number of rotatable bonds is 3. The number of aryl methyl sites for hydroxylation is 2. The highest BCUT2D eigenvalue weighted by atomic mass is 32.2. The van der Waals surface area contributed by atoms with E-state index in [2.05, 4.69) is 21.0 Å². The number of aromatic nitrogens is 4. The molecular weight excluding hydrogens is 282 g/mol. The maximum absolute atomic E-state index is 8.77. The van der Waals surface area contributed by atoms with E-state index < -0.39 is 0 Å². The summed E-state index contributed by atoms with van der Waals surface area (Å²) in [6.07, 6.45) is 5.35. The molecule has 3 aromatic heterocycles. The van der Waals surface area contributed by atoms with E-state index in [0.717, 1.165) is 33.0 Å². The van der Waals surface area contributed by atoms with Crippen molar-refractivity contribution in [1.29, 1.82) is 5.26 Å². The molecule has 0 aromatic carbocycles. The van der Waals surface area contributed by atoms with Crippen molar-refractivity contribution >= 4 is 22.9 Å². The van der Waals surface area contributed by atoms with Crippen molar-refractivity contribution in [2.45, 2.75) is 11.8 Å². The van der Waals surface area contributed by atoms with Crippen LogP contribution in [0.3, 0.4) is 0 Å². The average molecular weight is 295 g/mol. The topological polar surface area (TPSA) is 67.4 Å². The Morgan fingerprint density at radius 3 is 3.05 bits per heavy atom. The Labute approximate surface area is 126 Å². The van der Waals surface area contributed by atoms with Gasteiger partial charge < -0.3 is 4.57 Å². The SMILES string of the molecule is Cc1cnc2c(c1)nc(-c1ccncc1SCC#N)n2C. The lowest BCUT2D eigenvalue weighted by Gasteiger charge is -2.06. The summed E-state index contributed by atoms with van der Waals surface area (Å²) in [5, 5.41) is 8.77. The molecule has 21 heavy (non-hydrogen) atoms. The van der Waals surface area contributed by atoms with E-state index >= 15 is 0 Å². The first-order chi connectivity index (χ1) is 10.2. The van der Waals surface area contributed by atoms with Crippen LogP contribution < -0.4 is 0 Å². The summed E-state index contributed by atoms with van der Waals surface area (Å²) >= 11 is 1.47. The zero-order chi connectivity index (χ0) is 14.8. The summed E-state index contributed by atoms with van der Waals surface area (Å²) in [6, 6.07) is 6.09. The average Bonchev–Trinajstić information content (AvgIpc) is 2.81. The molecule has 3 rings (SSSR count). The zero-order valence-corrected chi connectivity index (χ0v) is 12.6. The molecule has 6 heteroatoms. The number of fused-ring (bicyclic) bond motifs is 1. The van der Waals surface area contributed by atoms with Crippen LogP contribution in [0.2, 0.25) is 0 Å². The number of imidazole rings is 1. The van der Waals surface area contributed by atoms with Gasteiger partial charge in [0.05, 0.1) is 11.8 Å². The van der Waals surface area contributed by atoms with Crippen molar-refractivity contribution in [2.75, 3.05) is 5.75 Å². The van der Waals surface area contributed by atoms with Crippen molar-refractivity contribution in [2.24, 2.45) is 7.05 Å². The molecule has 0 saturated heterocycles. The first kappa shape index (κ1) is 13.6. The summed E-state index contributed by atoms with van der Waals surface area (Å²) in [7, 11) is 1.95. The van der Waals surface area contributed by atoms with E-state index in [1.807, 2.05) is 36.9 Å². The standard InChI is InChI=1S/C15H13N5S/c1-10-7-12-15(18-8-10)20(2)14(19-12)11-3-5-17-9-13(11)21-6-4-16/h3,5,7-9H,6H2,1-2H3. The van der Waals surface area contributed by atoms with Crippen molar-refractivity contribution < 1.29 is 0 Å². The molecule has 0 atom stereocenters. The smallest absolute Gasteiger partial charge is 0.160 e. The Hall–Kier alpha value is -2.39. The minimum Gasteiger partial charge on any atom is -0.312 e. The molecule has 0 aliphatic rings. The molecule has 104 valence electrons. The number of nitrogens with zero attached hydrogens (tertiary/aromatic N) is 5. The molecule has 3 aromatic rings. The second-order valence-electron chi connectivity index (χ2n) is 4.67. The Bertz CT molecular complexity index is 847. The van der Waals surface area contributed by atoms with Crippen LogP contribution in [0.15, 0.2) is 35.6 Å². The fourth-order valence-corrected chi connectivity index (χ4v) is 2.88. The number of hydrogen-bond donors (Lipinski definition) is 0. The lowest BCUT2D eigenvalue weighted by atomic mass is 10.2. The molecule has 0 aliphatic heterocycles. The summed E-state index contributed by atoms with van der Waals surface area (Å²) in [6.45, 7) is 2.00. The number of nitriles is 1. The summed E-state index contributed by atoms with van der Waals surface area (Å²) < 4.78 is 1.97. The van der Waals surface area contributed by atoms with Gasteiger partial charge in [0.1, 0.15) is 11.3 Å². The number of thioether (sulfide) groups is 1. The monoisotopic (exact) mass is 295 g/mol. The lowest BCUT2D eigenvalue weighted by molar-refractivity contribution is 0.936. The van der Waals surface area contributed by atoms with Crippen LogP contribution >= 0.6 is 11.8 Å². The van der Waals surface area contributed by atoms with Gasteiger partial charge in [0.2, 0.25) is 0 Å². The van der Waals surface area contributed by atoms with Crippen LogP contribution in [-0.4, -0.2) is 25.3 Å². The van der Waals surface area contributed by atoms with Crippen LogP contribution in [0.1, 0.15) is 5.56 Å². The highest BCUT2D eigenvalue weighted by molar-refractivity contribution is 7.99. The van der Waals surface area contributed by atoms with Crippen LogP contribution in [-0.2, 0) is 7.05 Å². The molecule has 0 amide bonds. The van der Waals surface area contributed by atoms with E-state index in [1.54, 1.807) is 12.4 Å². The predicted molar refractivity (Wildman–Crippen MR) is 82.8 cm³/mol. The van der Waals surface area contributed by atoms with Crippen molar-refractivity contribution in [3.8, 4) is 17.5 Å². The van der Waals surface area contributed by atoms with Gasteiger partial charge in [-0.3, -0.25) is 4.98 Å². The van der Waals surface area contributed by atoms with E-state index in [1.165, 1.54) is 11.8 Å². The fraction of sp³-hybridized carbons (Fsp3) is 0.200. The Morgan fingerprint density at radius 2 is 2.24 bits per heavy atom. The third-order valence-corrected chi connectivity index (χ3v) is 4.07. The Kier molecular flexibility index (Phi) is 3.59. The third kappa shape index (κ3) is 2.48. The fourth-order valence-electron chi connectivity index (χ4n) is 2.21. The van der Waals surface area contributed by atoms with Crippen LogP contribution in [0.5, 0.6) is 0 Å². The van der Waals surface area contributed by atoms with Gasteiger partial charge in [-0.05, 0) is 24.6 Å². The van der Waals surface area contributed by atoms with Crippen molar-refractivity contribution in [3.63, 3.8) is 0 Å². The van der Waals surface area contributed by atoms with Gasteiger partial charge in [0.15, 0.2) is 5.65 Å². The van der Waals surface area contributed by atoms with Crippen LogP contribution in [0, 0.1) is 18.3 Å². The lowest BCUT2D eigenvalue weighted by Crippen LogP contribution is -1.96. The van der Waals surface area contributed by atoms with Gasteiger partial charge in [0.25, 0.3) is 0 Å². The van der Waals surface area contributed by atoms with E-state index in [9.17, 15) is 0 Å². The molecule has 0 unspecified atom stereocenters. The van der Waals surface area contributed by atoms with Gasteiger partial charge >= 0.3 is 0 Å². The third-order valence-electron chi connectivity index (χ3n) is 3.16. The molecule has 0 spiro atoms. The highest BCUT2D eigenvalue weighted by Crippen LogP contribution is 2.31. The van der Waals surface area contributed by atoms with Crippen LogP contribution in [0.4, 0.5) is 0 Å². The maximum atomic E-state index is 8.77. The molecule has 3 heterocycles. The minimum atomic E-state index is 0.389. The van der Waals surface area contributed by atoms with Gasteiger partial charge in [-0.2, -0.15) is 5.26 Å². The van der Waals surface area contributed by atoms with Crippen molar-refractivity contribution in [1.82, 2.24) is 19.5 Å². The quantitative estimate of drug-likeness (QED) is 0.695. The zero-order valence-electron chi connectivity index (χ0n) is 11.7. The first-order valence-electron chi connectivity index (χ1n) is 6.44.